The van der Waals surface area contributed by atoms with Crippen LogP contribution in [-0.2, 0) is 19.6 Å². The molecular weight excluding hydrogens is 550 g/mol. The molecule has 0 spiro atoms. The van der Waals surface area contributed by atoms with Crippen LogP contribution >= 0.6 is 0 Å². The largest absolute Gasteiger partial charge is 0.497 e. The van der Waals surface area contributed by atoms with Crippen LogP contribution in [0.1, 0.15) is 68.4 Å². The minimum absolute atomic E-state index is 0.0278. The van der Waals surface area contributed by atoms with Crippen LogP contribution in [-0.4, -0.2) is 64.0 Å². The fourth-order valence-corrected chi connectivity index (χ4v) is 6.68. The first-order valence-corrected chi connectivity index (χ1v) is 15.2. The quantitative estimate of drug-likeness (QED) is 0.263. The standard InChI is InChI=1S/C37H39N3O4/c1-25-21-40(26(2)20-38(25)22-27-8-5-4-6-9-27)35(30-10-7-11-34(19-30)44-3)31-16-17-32-23-39(24-33(32)18-31)36(41)28-12-14-29(15-13-28)37(42)43/h4-19,25-26,35H,20-24H2,1-3H3,(H,42,43)/t25-,26+,35+/m1/s1. The van der Waals surface area contributed by atoms with Crippen molar-refractivity contribution in [3.63, 3.8) is 0 Å². The predicted molar refractivity (Wildman–Crippen MR) is 171 cm³/mol. The first-order chi connectivity index (χ1) is 21.3. The van der Waals surface area contributed by atoms with Crippen molar-refractivity contribution in [3.8, 4) is 5.75 Å². The number of ether oxygens (including phenoxy) is 1. The fourth-order valence-electron chi connectivity index (χ4n) is 6.68. The van der Waals surface area contributed by atoms with Crippen LogP contribution in [0.2, 0.25) is 0 Å². The number of amides is 1. The van der Waals surface area contributed by atoms with Crippen molar-refractivity contribution >= 4 is 11.9 Å². The predicted octanol–water partition coefficient (Wildman–Crippen LogP) is 6.23. The molecule has 1 N–H and O–H groups in total. The molecule has 7 nitrogen and oxygen atoms in total. The molecule has 0 aliphatic carbocycles. The number of carboxylic acid groups (broad SMARTS) is 1. The van der Waals surface area contributed by atoms with E-state index < -0.39 is 5.97 Å². The molecular formula is C37H39N3O4. The molecule has 226 valence electrons. The summed E-state index contributed by atoms with van der Waals surface area (Å²) >= 11 is 0. The topological polar surface area (TPSA) is 73.3 Å². The first kappa shape index (κ1) is 29.6. The summed E-state index contributed by atoms with van der Waals surface area (Å²) in [6.07, 6.45) is 0. The van der Waals surface area contributed by atoms with Crippen LogP contribution in [0.3, 0.4) is 0 Å². The summed E-state index contributed by atoms with van der Waals surface area (Å²) in [5, 5.41) is 9.22. The lowest BCUT2D eigenvalue weighted by Gasteiger charge is -2.48. The third kappa shape index (κ3) is 6.11. The fraction of sp³-hybridized carbons (Fsp3) is 0.297. The van der Waals surface area contributed by atoms with Gasteiger partial charge in [-0.05, 0) is 78.1 Å². The van der Waals surface area contributed by atoms with Gasteiger partial charge in [0.15, 0.2) is 0 Å². The van der Waals surface area contributed by atoms with Crippen molar-refractivity contribution in [1.29, 1.82) is 0 Å². The number of aromatic carboxylic acids is 1. The van der Waals surface area contributed by atoms with E-state index in [0.717, 1.165) is 36.5 Å². The second kappa shape index (κ2) is 12.6. The Morgan fingerprint density at radius 3 is 2.23 bits per heavy atom. The molecule has 2 aliphatic rings. The normalized spacial score (nSPS) is 19.4. The Morgan fingerprint density at radius 1 is 0.795 bits per heavy atom. The highest BCUT2D eigenvalue weighted by molar-refractivity contribution is 5.96. The molecule has 1 fully saturated rings. The van der Waals surface area contributed by atoms with Crippen molar-refractivity contribution in [2.75, 3.05) is 20.2 Å². The average Bonchev–Trinajstić information content (AvgIpc) is 3.47. The molecule has 0 aromatic heterocycles. The molecule has 44 heavy (non-hydrogen) atoms. The summed E-state index contributed by atoms with van der Waals surface area (Å²) in [6, 6.07) is 32.6. The summed E-state index contributed by atoms with van der Waals surface area (Å²) in [7, 11) is 1.71. The van der Waals surface area contributed by atoms with Gasteiger partial charge < -0.3 is 14.7 Å². The molecule has 1 saturated heterocycles. The molecule has 1 amide bonds. The molecule has 6 rings (SSSR count). The molecule has 0 bridgehead atoms. The number of fused-ring (bicyclic) bond motifs is 1. The van der Waals surface area contributed by atoms with E-state index in [1.54, 1.807) is 19.2 Å². The van der Waals surface area contributed by atoms with Crippen molar-refractivity contribution in [3.05, 3.63) is 136 Å². The summed E-state index contributed by atoms with van der Waals surface area (Å²) in [6.45, 7) is 8.51. The van der Waals surface area contributed by atoms with E-state index in [4.69, 9.17) is 4.74 Å². The molecule has 4 aromatic rings. The van der Waals surface area contributed by atoms with E-state index in [9.17, 15) is 14.7 Å². The molecule has 2 aliphatic heterocycles. The zero-order valence-electron chi connectivity index (χ0n) is 25.5. The van der Waals surface area contributed by atoms with E-state index in [-0.39, 0.29) is 17.5 Å². The van der Waals surface area contributed by atoms with Crippen molar-refractivity contribution in [2.45, 2.75) is 51.6 Å². The summed E-state index contributed by atoms with van der Waals surface area (Å²) in [5.41, 5.74) is 6.67. The average molecular weight is 590 g/mol. The Bertz CT molecular complexity index is 1640. The number of hydrogen-bond acceptors (Lipinski definition) is 5. The molecule has 4 aromatic carbocycles. The van der Waals surface area contributed by atoms with E-state index in [2.05, 4.69) is 90.4 Å². The molecule has 0 saturated carbocycles. The van der Waals surface area contributed by atoms with Gasteiger partial charge in [-0.25, -0.2) is 4.79 Å². The summed E-state index contributed by atoms with van der Waals surface area (Å²) < 4.78 is 5.63. The van der Waals surface area contributed by atoms with Gasteiger partial charge in [0.1, 0.15) is 5.75 Å². The smallest absolute Gasteiger partial charge is 0.335 e. The van der Waals surface area contributed by atoms with Crippen LogP contribution in [0.15, 0.2) is 97.1 Å². The monoisotopic (exact) mass is 589 g/mol. The lowest BCUT2D eigenvalue weighted by Crippen LogP contribution is -2.56. The van der Waals surface area contributed by atoms with Gasteiger partial charge in [-0.15, -0.1) is 0 Å². The molecule has 0 unspecified atom stereocenters. The number of carbonyl (C=O) groups excluding carboxylic acids is 1. The van der Waals surface area contributed by atoms with Gasteiger partial charge in [0.2, 0.25) is 0 Å². The van der Waals surface area contributed by atoms with Crippen molar-refractivity contribution in [1.82, 2.24) is 14.7 Å². The van der Waals surface area contributed by atoms with Crippen LogP contribution in [0, 0.1) is 0 Å². The van der Waals surface area contributed by atoms with Crippen molar-refractivity contribution in [2.24, 2.45) is 0 Å². The third-order valence-electron chi connectivity index (χ3n) is 9.07. The maximum Gasteiger partial charge on any atom is 0.335 e. The van der Waals surface area contributed by atoms with Crippen LogP contribution < -0.4 is 4.74 Å². The van der Waals surface area contributed by atoms with Crippen LogP contribution in [0.5, 0.6) is 5.75 Å². The molecule has 7 heteroatoms. The van der Waals surface area contributed by atoms with E-state index in [1.807, 2.05) is 11.0 Å². The van der Waals surface area contributed by atoms with Crippen LogP contribution in [0.25, 0.3) is 0 Å². The van der Waals surface area contributed by atoms with Gasteiger partial charge in [0.05, 0.1) is 18.7 Å². The second-order valence-corrected chi connectivity index (χ2v) is 12.1. The van der Waals surface area contributed by atoms with Crippen molar-refractivity contribution < 1.29 is 19.4 Å². The molecule has 2 heterocycles. The first-order valence-electron chi connectivity index (χ1n) is 15.2. The lowest BCUT2D eigenvalue weighted by atomic mass is 9.91. The Balaban J connectivity index is 1.27. The Kier molecular flexibility index (Phi) is 8.51. The van der Waals surface area contributed by atoms with E-state index in [1.165, 1.54) is 28.8 Å². The number of piperazine rings is 1. The lowest BCUT2D eigenvalue weighted by molar-refractivity contribution is 0.0195. The summed E-state index contributed by atoms with van der Waals surface area (Å²) in [5.74, 6) is -0.263. The number of carbonyl (C=O) groups is 2. The third-order valence-corrected chi connectivity index (χ3v) is 9.07. The minimum Gasteiger partial charge on any atom is -0.497 e. The maximum absolute atomic E-state index is 13.3. The Labute approximate surface area is 259 Å². The highest BCUT2D eigenvalue weighted by atomic mass is 16.5. The van der Waals surface area contributed by atoms with Gasteiger partial charge in [0, 0.05) is 50.4 Å². The zero-order chi connectivity index (χ0) is 30.8. The van der Waals surface area contributed by atoms with Gasteiger partial charge in [-0.2, -0.15) is 0 Å². The number of nitrogens with zero attached hydrogens (tertiary/aromatic N) is 3. The zero-order valence-corrected chi connectivity index (χ0v) is 25.5. The second-order valence-electron chi connectivity index (χ2n) is 12.1. The Hall–Kier alpha value is -4.46. The van der Waals surface area contributed by atoms with Gasteiger partial charge in [0.25, 0.3) is 5.91 Å². The number of carboxylic acids is 1. The molecule has 3 atom stereocenters. The highest BCUT2D eigenvalue weighted by Gasteiger charge is 2.36. The highest BCUT2D eigenvalue weighted by Crippen LogP contribution is 2.37. The number of hydrogen-bond donors (Lipinski definition) is 1. The van der Waals surface area contributed by atoms with Gasteiger partial charge in [-0.1, -0.05) is 60.7 Å². The minimum atomic E-state index is -1.00. The molecule has 0 radical (unpaired) electrons. The number of rotatable bonds is 8. The number of benzene rings is 4. The van der Waals surface area contributed by atoms with Gasteiger partial charge in [-0.3, -0.25) is 14.6 Å². The SMILES string of the molecule is COc1cccc([C@@H](c2ccc3c(c2)CN(C(=O)c2ccc(C(=O)O)cc2)C3)N2C[C@@H](C)N(Cc3ccccc3)C[C@@H]2C)c1. The van der Waals surface area contributed by atoms with Gasteiger partial charge >= 0.3 is 5.97 Å². The van der Waals surface area contributed by atoms with E-state index >= 15 is 0 Å². The Morgan fingerprint density at radius 2 is 1.50 bits per heavy atom. The summed E-state index contributed by atoms with van der Waals surface area (Å²) in [4.78, 5) is 31.6. The number of methoxy groups -OCH3 is 1. The maximum atomic E-state index is 13.3. The van der Waals surface area contributed by atoms with Crippen LogP contribution in [0.4, 0.5) is 0 Å². The van der Waals surface area contributed by atoms with E-state index in [0.29, 0.717) is 30.7 Å².